The van der Waals surface area contributed by atoms with E-state index >= 15 is 0 Å². The van der Waals surface area contributed by atoms with Crippen molar-refractivity contribution in [3.05, 3.63) is 126 Å². The fourth-order valence-electron chi connectivity index (χ4n) is 5.74. The predicted octanol–water partition coefficient (Wildman–Crippen LogP) is 7.63. The SMILES string of the molecule is Cn1c(=O)n(C)c2cc(-c3cccc(-c4nc(-c5ccccc5)nc(-c5ccc6oc7ccccc7c6c5)n4)c3)ccc21. The summed E-state index contributed by atoms with van der Waals surface area (Å²) in [4.78, 5) is 27.3. The fourth-order valence-corrected chi connectivity index (χ4v) is 5.74. The van der Waals surface area contributed by atoms with E-state index in [9.17, 15) is 4.79 Å². The van der Waals surface area contributed by atoms with Gasteiger partial charge in [0.15, 0.2) is 17.5 Å². The number of para-hydroxylation sites is 1. The van der Waals surface area contributed by atoms with Crippen LogP contribution in [0.15, 0.2) is 124 Å². The summed E-state index contributed by atoms with van der Waals surface area (Å²) in [6.45, 7) is 0. The van der Waals surface area contributed by atoms with Crippen LogP contribution in [0.1, 0.15) is 0 Å². The van der Waals surface area contributed by atoms with Gasteiger partial charge >= 0.3 is 5.69 Å². The van der Waals surface area contributed by atoms with Gasteiger partial charge in [0.2, 0.25) is 0 Å². The maximum Gasteiger partial charge on any atom is 0.328 e. The van der Waals surface area contributed by atoms with Gasteiger partial charge in [0, 0.05) is 41.6 Å². The monoisotopic (exact) mass is 559 g/mol. The molecule has 0 radical (unpaired) electrons. The van der Waals surface area contributed by atoms with Crippen LogP contribution in [0, 0.1) is 0 Å². The number of nitrogens with zero attached hydrogens (tertiary/aromatic N) is 5. The minimum absolute atomic E-state index is 0.0475. The van der Waals surface area contributed by atoms with Crippen molar-refractivity contribution in [1.29, 1.82) is 0 Å². The highest BCUT2D eigenvalue weighted by molar-refractivity contribution is 6.06. The smallest absolute Gasteiger partial charge is 0.328 e. The maximum absolute atomic E-state index is 12.5. The number of benzene rings is 5. The molecule has 206 valence electrons. The minimum atomic E-state index is -0.0475. The molecule has 5 aromatic carbocycles. The lowest BCUT2D eigenvalue weighted by molar-refractivity contribution is 0.669. The lowest BCUT2D eigenvalue weighted by atomic mass is 10.0. The number of aromatic nitrogens is 5. The van der Waals surface area contributed by atoms with Crippen LogP contribution in [0.2, 0.25) is 0 Å². The van der Waals surface area contributed by atoms with Gasteiger partial charge in [0.1, 0.15) is 11.2 Å². The van der Waals surface area contributed by atoms with E-state index in [0.717, 1.165) is 60.8 Å². The normalized spacial score (nSPS) is 11.6. The molecule has 0 saturated heterocycles. The molecule has 3 aromatic heterocycles. The first kappa shape index (κ1) is 24.9. The van der Waals surface area contributed by atoms with Crippen molar-refractivity contribution < 1.29 is 4.42 Å². The number of fused-ring (bicyclic) bond motifs is 4. The quantitative estimate of drug-likeness (QED) is 0.222. The molecule has 43 heavy (non-hydrogen) atoms. The van der Waals surface area contributed by atoms with E-state index in [-0.39, 0.29) is 5.69 Å². The molecule has 7 heteroatoms. The molecule has 0 N–H and O–H groups in total. The van der Waals surface area contributed by atoms with Crippen LogP contribution in [-0.2, 0) is 14.1 Å². The highest BCUT2D eigenvalue weighted by atomic mass is 16.3. The zero-order chi connectivity index (χ0) is 29.1. The standard InChI is InChI=1S/C36H25N5O2/c1-40-29-17-15-24(21-30(29)41(2)36(40)42)23-11-8-12-25(19-23)34-37-33(22-9-4-3-5-10-22)38-35(39-34)26-16-18-32-28(20-26)27-13-6-7-14-31(27)43-32/h3-21H,1-2H3. The zero-order valence-corrected chi connectivity index (χ0v) is 23.5. The minimum Gasteiger partial charge on any atom is -0.456 e. The average Bonchev–Trinajstić information content (AvgIpc) is 3.54. The third-order valence-electron chi connectivity index (χ3n) is 8.03. The number of hydrogen-bond donors (Lipinski definition) is 0. The van der Waals surface area contributed by atoms with E-state index < -0.39 is 0 Å². The fraction of sp³-hybridized carbons (Fsp3) is 0.0556. The van der Waals surface area contributed by atoms with Crippen LogP contribution in [0.4, 0.5) is 0 Å². The Hall–Kier alpha value is -5.82. The first-order valence-electron chi connectivity index (χ1n) is 14.0. The number of furan rings is 1. The second-order valence-electron chi connectivity index (χ2n) is 10.7. The Balaban J connectivity index is 1.29. The first-order valence-corrected chi connectivity index (χ1v) is 14.0. The van der Waals surface area contributed by atoms with E-state index in [0.29, 0.717) is 17.5 Å². The van der Waals surface area contributed by atoms with Crippen molar-refractivity contribution in [1.82, 2.24) is 24.1 Å². The Morgan fingerprint density at radius 1 is 0.488 bits per heavy atom. The third-order valence-corrected chi connectivity index (χ3v) is 8.03. The lowest BCUT2D eigenvalue weighted by Gasteiger charge is -2.10. The molecule has 7 nitrogen and oxygen atoms in total. The summed E-state index contributed by atoms with van der Waals surface area (Å²) in [6.07, 6.45) is 0. The van der Waals surface area contributed by atoms with Gasteiger partial charge in [-0.1, -0.05) is 72.8 Å². The van der Waals surface area contributed by atoms with Gasteiger partial charge in [0.25, 0.3) is 0 Å². The van der Waals surface area contributed by atoms with Crippen LogP contribution < -0.4 is 5.69 Å². The van der Waals surface area contributed by atoms with Gasteiger partial charge in [-0.3, -0.25) is 9.13 Å². The number of aryl methyl sites for hydroxylation is 2. The van der Waals surface area contributed by atoms with Gasteiger partial charge in [-0.15, -0.1) is 0 Å². The molecule has 0 aliphatic rings. The van der Waals surface area contributed by atoms with E-state index in [1.165, 1.54) is 0 Å². The molecule has 0 amide bonds. The van der Waals surface area contributed by atoms with Crippen LogP contribution in [-0.4, -0.2) is 24.1 Å². The van der Waals surface area contributed by atoms with Gasteiger partial charge in [-0.05, 0) is 53.6 Å². The average molecular weight is 560 g/mol. The predicted molar refractivity (Wildman–Crippen MR) is 171 cm³/mol. The van der Waals surface area contributed by atoms with Crippen molar-refractivity contribution in [2.45, 2.75) is 0 Å². The number of imidazole rings is 1. The molecule has 0 aliphatic heterocycles. The highest BCUT2D eigenvalue weighted by Gasteiger charge is 2.16. The van der Waals surface area contributed by atoms with E-state index in [1.54, 1.807) is 23.2 Å². The molecule has 3 heterocycles. The largest absolute Gasteiger partial charge is 0.456 e. The van der Waals surface area contributed by atoms with E-state index in [1.807, 2.05) is 84.9 Å². The maximum atomic E-state index is 12.5. The molecule has 0 saturated carbocycles. The lowest BCUT2D eigenvalue weighted by Crippen LogP contribution is -2.19. The molecule has 0 atom stereocenters. The summed E-state index contributed by atoms with van der Waals surface area (Å²) < 4.78 is 9.39. The molecular weight excluding hydrogens is 534 g/mol. The van der Waals surface area contributed by atoms with Gasteiger partial charge in [-0.2, -0.15) is 0 Å². The van der Waals surface area contributed by atoms with Crippen LogP contribution >= 0.6 is 0 Å². The molecule has 8 rings (SSSR count). The van der Waals surface area contributed by atoms with Crippen molar-refractivity contribution in [2.75, 3.05) is 0 Å². The van der Waals surface area contributed by atoms with E-state index in [4.69, 9.17) is 19.4 Å². The second kappa shape index (κ2) is 9.63. The van der Waals surface area contributed by atoms with Gasteiger partial charge in [0.05, 0.1) is 11.0 Å². The Morgan fingerprint density at radius 3 is 1.88 bits per heavy atom. The number of rotatable bonds is 4. The Morgan fingerprint density at radius 2 is 1.07 bits per heavy atom. The molecular formula is C36H25N5O2. The molecule has 0 unspecified atom stereocenters. The molecule has 0 spiro atoms. The Bertz CT molecular complexity index is 2400. The highest BCUT2D eigenvalue weighted by Crippen LogP contribution is 2.33. The Labute approximate surface area is 246 Å². The Kier molecular flexibility index (Phi) is 5.59. The summed E-state index contributed by atoms with van der Waals surface area (Å²) in [6, 6.07) is 38.3. The molecule has 0 fully saturated rings. The molecule has 0 bridgehead atoms. The van der Waals surface area contributed by atoms with Crippen molar-refractivity contribution in [3.63, 3.8) is 0 Å². The van der Waals surface area contributed by atoms with Gasteiger partial charge in [-0.25, -0.2) is 19.7 Å². The summed E-state index contributed by atoms with van der Waals surface area (Å²) in [5, 5.41) is 2.07. The van der Waals surface area contributed by atoms with E-state index in [2.05, 4.69) is 30.3 Å². The second-order valence-corrected chi connectivity index (χ2v) is 10.7. The van der Waals surface area contributed by atoms with Crippen LogP contribution in [0.3, 0.4) is 0 Å². The summed E-state index contributed by atoms with van der Waals surface area (Å²) in [7, 11) is 3.59. The number of hydrogen-bond acceptors (Lipinski definition) is 5. The van der Waals surface area contributed by atoms with Crippen LogP contribution in [0.5, 0.6) is 0 Å². The van der Waals surface area contributed by atoms with Crippen molar-refractivity contribution in [3.8, 4) is 45.3 Å². The van der Waals surface area contributed by atoms with Crippen molar-refractivity contribution in [2.24, 2.45) is 14.1 Å². The zero-order valence-electron chi connectivity index (χ0n) is 23.5. The van der Waals surface area contributed by atoms with Gasteiger partial charge < -0.3 is 4.42 Å². The molecule has 0 aliphatic carbocycles. The summed E-state index contributed by atoms with van der Waals surface area (Å²) in [5.41, 5.74) is 8.07. The summed E-state index contributed by atoms with van der Waals surface area (Å²) >= 11 is 0. The topological polar surface area (TPSA) is 78.7 Å². The third kappa shape index (κ3) is 4.13. The van der Waals surface area contributed by atoms with Crippen molar-refractivity contribution >= 4 is 33.0 Å². The first-order chi connectivity index (χ1) is 21.0. The summed E-state index contributed by atoms with van der Waals surface area (Å²) in [5.74, 6) is 1.77. The molecule has 8 aromatic rings. The van der Waals surface area contributed by atoms with Crippen LogP contribution in [0.25, 0.3) is 78.3 Å².